The smallest absolute Gasteiger partial charge is 0.112 e. The number of hydrogen-bond acceptors (Lipinski definition) is 5. The number of nitrogens with one attached hydrogen (secondary N) is 1. The van der Waals surface area contributed by atoms with Crippen LogP contribution in [0.5, 0.6) is 0 Å². The van der Waals surface area contributed by atoms with E-state index in [0.29, 0.717) is 6.54 Å². The maximum Gasteiger partial charge on any atom is 0.112 e. The van der Waals surface area contributed by atoms with Gasteiger partial charge in [-0.05, 0) is 13.8 Å². The largest absolute Gasteiger partial charge is 0.379 e. The van der Waals surface area contributed by atoms with E-state index in [1.165, 1.54) is 0 Å². The number of hydrogen-bond donors (Lipinski definition) is 2. The molecule has 0 bridgehead atoms. The van der Waals surface area contributed by atoms with Gasteiger partial charge in [-0.3, -0.25) is 0 Å². The molecule has 0 aromatic carbocycles. The fraction of sp³-hybridized carbons (Fsp3) is 0.700. The standard InChI is InChI=1S/C10H19N3OS/c1-10(2,9-12-4-5-15-9)13-7-8(6-11)14-3/h4-5,8,13H,6-7,11H2,1-3H3. The molecule has 0 fully saturated rings. The minimum Gasteiger partial charge on any atom is -0.379 e. The number of nitrogens with two attached hydrogens (primary N) is 1. The summed E-state index contributed by atoms with van der Waals surface area (Å²) in [6.45, 7) is 5.47. The van der Waals surface area contributed by atoms with Crippen molar-refractivity contribution in [1.29, 1.82) is 0 Å². The highest BCUT2D eigenvalue weighted by molar-refractivity contribution is 7.09. The minimum absolute atomic E-state index is 0.0595. The van der Waals surface area contributed by atoms with Crippen LogP contribution in [0.1, 0.15) is 18.9 Å². The van der Waals surface area contributed by atoms with Gasteiger partial charge in [0, 0.05) is 31.8 Å². The van der Waals surface area contributed by atoms with Gasteiger partial charge in [0.2, 0.25) is 0 Å². The van der Waals surface area contributed by atoms with Crippen molar-refractivity contribution in [2.75, 3.05) is 20.2 Å². The summed E-state index contributed by atoms with van der Waals surface area (Å²) in [5.41, 5.74) is 5.43. The zero-order chi connectivity index (χ0) is 11.3. The number of nitrogens with zero attached hydrogens (tertiary/aromatic N) is 1. The molecule has 15 heavy (non-hydrogen) atoms. The Labute approximate surface area is 94.8 Å². The van der Waals surface area contributed by atoms with Crippen LogP contribution in [0.15, 0.2) is 11.6 Å². The topological polar surface area (TPSA) is 60.2 Å². The van der Waals surface area contributed by atoms with Crippen molar-refractivity contribution in [2.24, 2.45) is 5.73 Å². The predicted molar refractivity (Wildman–Crippen MR) is 63.0 cm³/mol. The van der Waals surface area contributed by atoms with Crippen molar-refractivity contribution in [3.8, 4) is 0 Å². The third-order valence-electron chi connectivity index (χ3n) is 2.33. The van der Waals surface area contributed by atoms with E-state index < -0.39 is 0 Å². The zero-order valence-electron chi connectivity index (χ0n) is 9.49. The molecular formula is C10H19N3OS. The number of ether oxygens (including phenoxy) is 1. The van der Waals surface area contributed by atoms with Crippen LogP contribution in [-0.2, 0) is 10.3 Å². The number of aromatic nitrogens is 1. The fourth-order valence-corrected chi connectivity index (χ4v) is 1.98. The highest BCUT2D eigenvalue weighted by atomic mass is 32.1. The Bertz CT molecular complexity index is 270. The van der Waals surface area contributed by atoms with Gasteiger partial charge < -0.3 is 15.8 Å². The molecule has 0 spiro atoms. The van der Waals surface area contributed by atoms with Gasteiger partial charge in [0.1, 0.15) is 5.01 Å². The zero-order valence-corrected chi connectivity index (χ0v) is 10.3. The summed E-state index contributed by atoms with van der Waals surface area (Å²) in [5.74, 6) is 0. The molecule has 5 heteroatoms. The third kappa shape index (κ3) is 3.53. The molecule has 1 rings (SSSR count). The van der Waals surface area contributed by atoms with Gasteiger partial charge in [-0.15, -0.1) is 11.3 Å². The summed E-state index contributed by atoms with van der Waals surface area (Å²) >= 11 is 1.65. The number of methoxy groups -OCH3 is 1. The molecule has 0 aliphatic carbocycles. The van der Waals surface area contributed by atoms with Crippen molar-refractivity contribution in [1.82, 2.24) is 10.3 Å². The van der Waals surface area contributed by atoms with Gasteiger partial charge >= 0.3 is 0 Å². The SMILES string of the molecule is COC(CN)CNC(C)(C)c1nccs1. The van der Waals surface area contributed by atoms with Crippen molar-refractivity contribution < 1.29 is 4.74 Å². The van der Waals surface area contributed by atoms with E-state index >= 15 is 0 Å². The van der Waals surface area contributed by atoms with Crippen molar-refractivity contribution in [3.05, 3.63) is 16.6 Å². The molecule has 1 heterocycles. The molecule has 0 aliphatic rings. The number of thiazole rings is 1. The van der Waals surface area contributed by atoms with Gasteiger partial charge in [-0.2, -0.15) is 0 Å². The Morgan fingerprint density at radius 3 is 2.87 bits per heavy atom. The summed E-state index contributed by atoms with van der Waals surface area (Å²) in [6, 6.07) is 0. The van der Waals surface area contributed by atoms with Crippen LogP contribution in [0.3, 0.4) is 0 Å². The van der Waals surface area contributed by atoms with Crippen LogP contribution in [0.4, 0.5) is 0 Å². The maximum absolute atomic E-state index is 5.55. The van der Waals surface area contributed by atoms with Gasteiger partial charge in [0.25, 0.3) is 0 Å². The first-order chi connectivity index (χ1) is 7.10. The van der Waals surface area contributed by atoms with Crippen LogP contribution < -0.4 is 11.1 Å². The molecule has 4 nitrogen and oxygen atoms in total. The quantitative estimate of drug-likeness (QED) is 0.762. The van der Waals surface area contributed by atoms with E-state index in [0.717, 1.165) is 11.6 Å². The summed E-state index contributed by atoms with van der Waals surface area (Å²) < 4.78 is 5.21. The Morgan fingerprint density at radius 2 is 2.40 bits per heavy atom. The lowest BCUT2D eigenvalue weighted by Gasteiger charge is -2.26. The van der Waals surface area contributed by atoms with Crippen molar-refractivity contribution in [3.63, 3.8) is 0 Å². The second-order valence-corrected chi connectivity index (χ2v) is 4.83. The Kier molecular flexibility index (Phi) is 4.66. The summed E-state index contributed by atoms with van der Waals surface area (Å²) in [6.07, 6.45) is 1.88. The lowest BCUT2D eigenvalue weighted by molar-refractivity contribution is 0.101. The fourth-order valence-electron chi connectivity index (χ4n) is 1.24. The molecule has 0 amide bonds. The van der Waals surface area contributed by atoms with Gasteiger partial charge in [-0.1, -0.05) is 0 Å². The second-order valence-electron chi connectivity index (χ2n) is 3.94. The third-order valence-corrected chi connectivity index (χ3v) is 3.43. The predicted octanol–water partition coefficient (Wildman–Crippen LogP) is 0.942. The first-order valence-corrected chi connectivity index (χ1v) is 5.86. The van der Waals surface area contributed by atoms with E-state index in [2.05, 4.69) is 24.1 Å². The second kappa shape index (κ2) is 5.55. The molecule has 0 saturated carbocycles. The van der Waals surface area contributed by atoms with Crippen molar-refractivity contribution >= 4 is 11.3 Å². The molecule has 0 aliphatic heterocycles. The van der Waals surface area contributed by atoms with Crippen LogP contribution >= 0.6 is 11.3 Å². The highest BCUT2D eigenvalue weighted by Gasteiger charge is 2.23. The molecule has 1 unspecified atom stereocenters. The molecule has 86 valence electrons. The van der Waals surface area contributed by atoms with Gasteiger partial charge in [0.05, 0.1) is 11.6 Å². The first kappa shape index (κ1) is 12.6. The lowest BCUT2D eigenvalue weighted by atomic mass is 10.1. The Morgan fingerprint density at radius 1 is 1.67 bits per heavy atom. The van der Waals surface area contributed by atoms with E-state index in [1.54, 1.807) is 18.4 Å². The molecule has 3 N–H and O–H groups in total. The molecule has 0 saturated heterocycles. The summed E-state index contributed by atoms with van der Waals surface area (Å²) in [4.78, 5) is 4.30. The lowest BCUT2D eigenvalue weighted by Crippen LogP contribution is -2.43. The summed E-state index contributed by atoms with van der Waals surface area (Å²) in [5, 5.41) is 6.47. The molecule has 1 aromatic heterocycles. The minimum atomic E-state index is -0.125. The van der Waals surface area contributed by atoms with E-state index in [1.807, 2.05) is 11.6 Å². The molecule has 1 atom stereocenters. The highest BCUT2D eigenvalue weighted by Crippen LogP contribution is 2.21. The Hall–Kier alpha value is -0.490. The number of rotatable bonds is 6. The van der Waals surface area contributed by atoms with Crippen LogP contribution in [0, 0.1) is 0 Å². The average Bonchev–Trinajstić information content (AvgIpc) is 2.72. The molecular weight excluding hydrogens is 210 g/mol. The van der Waals surface area contributed by atoms with Crippen LogP contribution in [-0.4, -0.2) is 31.3 Å². The first-order valence-electron chi connectivity index (χ1n) is 4.98. The van der Waals surface area contributed by atoms with Crippen molar-refractivity contribution in [2.45, 2.75) is 25.5 Å². The van der Waals surface area contributed by atoms with Crippen LogP contribution in [0.25, 0.3) is 0 Å². The molecule has 0 radical (unpaired) electrons. The average molecular weight is 229 g/mol. The Balaban J connectivity index is 2.50. The summed E-state index contributed by atoms with van der Waals surface area (Å²) in [7, 11) is 1.68. The van der Waals surface area contributed by atoms with E-state index in [4.69, 9.17) is 10.5 Å². The maximum atomic E-state index is 5.55. The van der Waals surface area contributed by atoms with E-state index in [9.17, 15) is 0 Å². The normalized spacial score (nSPS) is 14.1. The van der Waals surface area contributed by atoms with Gasteiger partial charge in [0.15, 0.2) is 0 Å². The van der Waals surface area contributed by atoms with E-state index in [-0.39, 0.29) is 11.6 Å². The molecule has 1 aromatic rings. The van der Waals surface area contributed by atoms with Crippen LogP contribution in [0.2, 0.25) is 0 Å². The van der Waals surface area contributed by atoms with Gasteiger partial charge in [-0.25, -0.2) is 4.98 Å². The monoisotopic (exact) mass is 229 g/mol.